The zero-order chi connectivity index (χ0) is 17.4. The summed E-state index contributed by atoms with van der Waals surface area (Å²) in [5.41, 5.74) is 0.400. The standard InChI is InChI=1S/C16H18ClNO5/c1-4-22-15(20)11-7-6-8-13(14(11)17)18-9-12(10(3)19)16(21)23-5-2/h6-9,18H,4-5H2,1-3H3. The van der Waals surface area contributed by atoms with Crippen LogP contribution in [0.25, 0.3) is 0 Å². The zero-order valence-electron chi connectivity index (χ0n) is 13.1. The van der Waals surface area contributed by atoms with Gasteiger partial charge in [0.2, 0.25) is 0 Å². The van der Waals surface area contributed by atoms with Crippen LogP contribution < -0.4 is 5.32 Å². The smallest absolute Gasteiger partial charge is 0.343 e. The molecule has 0 saturated carbocycles. The van der Waals surface area contributed by atoms with Crippen molar-refractivity contribution < 1.29 is 23.9 Å². The average molecular weight is 340 g/mol. The van der Waals surface area contributed by atoms with E-state index in [1.165, 1.54) is 19.2 Å². The summed E-state index contributed by atoms with van der Waals surface area (Å²) >= 11 is 6.15. The van der Waals surface area contributed by atoms with E-state index in [4.69, 9.17) is 21.1 Å². The van der Waals surface area contributed by atoms with Crippen molar-refractivity contribution in [3.05, 3.63) is 40.6 Å². The van der Waals surface area contributed by atoms with Crippen molar-refractivity contribution in [1.29, 1.82) is 0 Å². The van der Waals surface area contributed by atoms with Crippen molar-refractivity contribution in [3.8, 4) is 0 Å². The number of benzene rings is 1. The molecule has 0 heterocycles. The Bertz CT molecular complexity index is 639. The molecule has 0 aliphatic heterocycles. The molecule has 6 nitrogen and oxygen atoms in total. The molecule has 0 fully saturated rings. The summed E-state index contributed by atoms with van der Waals surface area (Å²) in [6, 6.07) is 4.73. The molecule has 0 radical (unpaired) electrons. The predicted molar refractivity (Wildman–Crippen MR) is 86.4 cm³/mol. The lowest BCUT2D eigenvalue weighted by molar-refractivity contribution is -0.139. The lowest BCUT2D eigenvalue weighted by Gasteiger charge is -2.10. The normalized spacial score (nSPS) is 10.9. The number of hydrogen-bond donors (Lipinski definition) is 1. The van der Waals surface area contributed by atoms with Crippen LogP contribution in [0.4, 0.5) is 5.69 Å². The molecule has 0 aromatic heterocycles. The van der Waals surface area contributed by atoms with Crippen LogP contribution in [0.3, 0.4) is 0 Å². The first-order valence-electron chi connectivity index (χ1n) is 7.02. The molecule has 0 atom stereocenters. The Kier molecular flexibility index (Phi) is 7.28. The van der Waals surface area contributed by atoms with Crippen LogP contribution in [-0.4, -0.2) is 30.9 Å². The molecule has 0 aliphatic carbocycles. The fourth-order valence-electron chi connectivity index (χ4n) is 1.67. The third-order valence-corrected chi connectivity index (χ3v) is 3.15. The van der Waals surface area contributed by atoms with Crippen LogP contribution in [0.15, 0.2) is 30.0 Å². The number of anilines is 1. The number of ketones is 1. The summed E-state index contributed by atoms with van der Waals surface area (Å²) < 4.78 is 9.71. The van der Waals surface area contributed by atoms with Gasteiger partial charge in [0.05, 0.1) is 29.5 Å². The van der Waals surface area contributed by atoms with Crippen molar-refractivity contribution in [2.24, 2.45) is 0 Å². The van der Waals surface area contributed by atoms with Gasteiger partial charge in [-0.2, -0.15) is 0 Å². The largest absolute Gasteiger partial charge is 0.462 e. The molecule has 0 spiro atoms. The minimum atomic E-state index is -0.731. The quantitative estimate of drug-likeness (QED) is 0.356. The predicted octanol–water partition coefficient (Wildman–Crippen LogP) is 2.96. The van der Waals surface area contributed by atoms with Crippen LogP contribution in [0, 0.1) is 0 Å². The van der Waals surface area contributed by atoms with Gasteiger partial charge in [-0.05, 0) is 32.9 Å². The van der Waals surface area contributed by atoms with Crippen molar-refractivity contribution in [2.75, 3.05) is 18.5 Å². The van der Waals surface area contributed by atoms with E-state index >= 15 is 0 Å². The Morgan fingerprint density at radius 2 is 1.83 bits per heavy atom. The summed E-state index contributed by atoms with van der Waals surface area (Å²) in [7, 11) is 0. The van der Waals surface area contributed by atoms with Crippen LogP contribution in [-0.2, 0) is 19.1 Å². The Balaban J connectivity index is 3.06. The number of carbonyl (C=O) groups excluding carboxylic acids is 3. The third-order valence-electron chi connectivity index (χ3n) is 2.74. The highest BCUT2D eigenvalue weighted by Gasteiger charge is 2.17. The molecule has 0 aliphatic rings. The first-order valence-corrected chi connectivity index (χ1v) is 7.40. The topological polar surface area (TPSA) is 81.7 Å². The summed E-state index contributed by atoms with van der Waals surface area (Å²) in [5.74, 6) is -1.74. The minimum Gasteiger partial charge on any atom is -0.462 e. The highest BCUT2D eigenvalue weighted by Crippen LogP contribution is 2.26. The van der Waals surface area contributed by atoms with E-state index in [0.717, 1.165) is 0 Å². The molecule has 1 rings (SSSR count). The van der Waals surface area contributed by atoms with Crippen molar-refractivity contribution in [1.82, 2.24) is 0 Å². The number of carbonyl (C=O) groups is 3. The second-order valence-corrected chi connectivity index (χ2v) is 4.74. The number of rotatable bonds is 7. The summed E-state index contributed by atoms with van der Waals surface area (Å²) in [5, 5.41) is 2.88. The Labute approximate surface area is 139 Å². The number of Topliss-reactive ketones (excluding diaryl/α,β-unsaturated/α-hetero) is 1. The van der Waals surface area contributed by atoms with Gasteiger partial charge in [-0.3, -0.25) is 4.79 Å². The van der Waals surface area contributed by atoms with E-state index in [0.29, 0.717) is 5.69 Å². The first-order chi connectivity index (χ1) is 10.9. The van der Waals surface area contributed by atoms with Crippen molar-refractivity contribution in [3.63, 3.8) is 0 Å². The van der Waals surface area contributed by atoms with Gasteiger partial charge in [0.15, 0.2) is 5.78 Å². The molecular weight excluding hydrogens is 322 g/mol. The van der Waals surface area contributed by atoms with Gasteiger partial charge in [-0.15, -0.1) is 0 Å². The van der Waals surface area contributed by atoms with Crippen molar-refractivity contribution in [2.45, 2.75) is 20.8 Å². The fraction of sp³-hybridized carbons (Fsp3) is 0.312. The van der Waals surface area contributed by atoms with Crippen LogP contribution in [0.5, 0.6) is 0 Å². The fourth-order valence-corrected chi connectivity index (χ4v) is 1.93. The zero-order valence-corrected chi connectivity index (χ0v) is 13.9. The van der Waals surface area contributed by atoms with E-state index in [1.54, 1.807) is 26.0 Å². The molecule has 1 aromatic rings. The molecule has 0 bridgehead atoms. The van der Waals surface area contributed by atoms with Gasteiger partial charge in [0.25, 0.3) is 0 Å². The SMILES string of the molecule is CCOC(=O)C(=CNc1cccc(C(=O)OCC)c1Cl)C(C)=O. The van der Waals surface area contributed by atoms with Gasteiger partial charge in [0.1, 0.15) is 5.57 Å². The molecule has 23 heavy (non-hydrogen) atoms. The maximum absolute atomic E-state index is 11.8. The molecule has 0 saturated heterocycles. The van der Waals surface area contributed by atoms with Crippen LogP contribution in [0.2, 0.25) is 5.02 Å². The Hall–Kier alpha value is -2.34. The number of ether oxygens (including phenoxy) is 2. The van der Waals surface area contributed by atoms with E-state index in [-0.39, 0.29) is 29.4 Å². The van der Waals surface area contributed by atoms with Crippen molar-refractivity contribution >= 4 is 35.0 Å². The molecule has 124 valence electrons. The second-order valence-electron chi connectivity index (χ2n) is 4.37. The minimum absolute atomic E-state index is 0.133. The molecule has 1 aromatic carbocycles. The summed E-state index contributed by atoms with van der Waals surface area (Å²) in [6.45, 7) is 4.96. The van der Waals surface area contributed by atoms with Gasteiger partial charge in [0, 0.05) is 6.20 Å². The maximum atomic E-state index is 11.8. The lowest BCUT2D eigenvalue weighted by atomic mass is 10.2. The van der Waals surface area contributed by atoms with Gasteiger partial charge < -0.3 is 14.8 Å². The summed E-state index contributed by atoms with van der Waals surface area (Å²) in [6.07, 6.45) is 1.20. The van der Waals surface area contributed by atoms with E-state index in [2.05, 4.69) is 5.32 Å². The Morgan fingerprint density at radius 1 is 1.17 bits per heavy atom. The number of esters is 2. The van der Waals surface area contributed by atoms with Crippen LogP contribution >= 0.6 is 11.6 Å². The van der Waals surface area contributed by atoms with Gasteiger partial charge >= 0.3 is 11.9 Å². The third kappa shape index (κ3) is 5.10. The van der Waals surface area contributed by atoms with Gasteiger partial charge in [-0.1, -0.05) is 17.7 Å². The molecular formula is C16H18ClNO5. The van der Waals surface area contributed by atoms with Crippen LogP contribution in [0.1, 0.15) is 31.1 Å². The van der Waals surface area contributed by atoms with E-state index < -0.39 is 17.7 Å². The molecule has 0 amide bonds. The molecule has 1 N–H and O–H groups in total. The average Bonchev–Trinajstić information content (AvgIpc) is 2.49. The van der Waals surface area contributed by atoms with E-state index in [1.807, 2.05) is 0 Å². The summed E-state index contributed by atoms with van der Waals surface area (Å²) in [4.78, 5) is 35.0. The Morgan fingerprint density at radius 3 is 2.39 bits per heavy atom. The van der Waals surface area contributed by atoms with E-state index in [9.17, 15) is 14.4 Å². The lowest BCUT2D eigenvalue weighted by Crippen LogP contribution is -2.15. The monoisotopic (exact) mass is 339 g/mol. The molecule has 7 heteroatoms. The number of halogens is 1. The molecule has 0 unspecified atom stereocenters. The van der Waals surface area contributed by atoms with Gasteiger partial charge in [-0.25, -0.2) is 9.59 Å². The number of nitrogens with one attached hydrogen (secondary N) is 1. The first kappa shape index (κ1) is 18.7. The second kappa shape index (κ2) is 8.95. The highest BCUT2D eigenvalue weighted by molar-refractivity contribution is 6.36. The maximum Gasteiger partial charge on any atom is 0.343 e. The number of hydrogen-bond acceptors (Lipinski definition) is 6. The highest BCUT2D eigenvalue weighted by atomic mass is 35.5.